The van der Waals surface area contributed by atoms with Gasteiger partial charge in [-0.3, -0.25) is 4.79 Å². The van der Waals surface area contributed by atoms with Crippen molar-refractivity contribution in [2.75, 3.05) is 11.5 Å². The molecule has 4 heteroatoms. The van der Waals surface area contributed by atoms with Crippen LogP contribution in [0.3, 0.4) is 0 Å². The summed E-state index contributed by atoms with van der Waals surface area (Å²) >= 11 is 0. The molecule has 0 bridgehead atoms. The van der Waals surface area contributed by atoms with Gasteiger partial charge in [0.1, 0.15) is 0 Å². The number of hydrogen-bond acceptors (Lipinski definition) is 3. The zero-order valence-corrected chi connectivity index (χ0v) is 9.76. The normalized spacial score (nSPS) is 10.2. The largest absolute Gasteiger partial charge is 0.481 e. The van der Waals surface area contributed by atoms with Gasteiger partial charge in [-0.2, -0.15) is 0 Å². The summed E-state index contributed by atoms with van der Waals surface area (Å²) in [5, 5.41) is 8.79. The third kappa shape index (κ3) is 2.60. The Morgan fingerprint density at radius 3 is 2.56 bits per heavy atom. The lowest BCUT2D eigenvalue weighted by Crippen LogP contribution is -2.01. The molecule has 0 unspecified atom stereocenters. The molecule has 2 rings (SSSR count). The lowest BCUT2D eigenvalue weighted by Gasteiger charge is -2.08. The van der Waals surface area contributed by atoms with Crippen LogP contribution >= 0.6 is 0 Å². The smallest absolute Gasteiger partial charge is 0.307 e. The van der Waals surface area contributed by atoms with Gasteiger partial charge in [0.25, 0.3) is 0 Å². The topological polar surface area (TPSA) is 89.3 Å². The Morgan fingerprint density at radius 2 is 1.89 bits per heavy atom. The lowest BCUT2D eigenvalue weighted by atomic mass is 9.99. The molecule has 0 heterocycles. The van der Waals surface area contributed by atoms with E-state index in [-0.39, 0.29) is 6.42 Å². The van der Waals surface area contributed by atoms with E-state index in [1.54, 1.807) is 24.3 Å². The first-order chi connectivity index (χ1) is 8.56. The Bertz CT molecular complexity index is 594. The van der Waals surface area contributed by atoms with Gasteiger partial charge in [0.05, 0.1) is 6.42 Å². The Hall–Kier alpha value is -2.49. The fourth-order valence-electron chi connectivity index (χ4n) is 1.84. The van der Waals surface area contributed by atoms with Gasteiger partial charge < -0.3 is 16.6 Å². The van der Waals surface area contributed by atoms with Crippen LogP contribution in [0.1, 0.15) is 5.56 Å². The second kappa shape index (κ2) is 4.79. The Morgan fingerprint density at radius 1 is 1.11 bits per heavy atom. The molecule has 0 amide bonds. The molecule has 4 nitrogen and oxygen atoms in total. The van der Waals surface area contributed by atoms with Gasteiger partial charge in [-0.25, -0.2) is 0 Å². The standard InChI is InChI=1S/C14H14N2O2/c15-11-3-1-2-10(8-11)12-6-9(7-14(17)18)4-5-13(12)16/h1-6,8H,7,15-16H2,(H,17,18). The number of aliphatic carboxylic acids is 1. The number of benzene rings is 2. The van der Waals surface area contributed by atoms with E-state index in [1.807, 2.05) is 18.2 Å². The third-order valence-corrected chi connectivity index (χ3v) is 2.67. The van der Waals surface area contributed by atoms with Crippen LogP contribution in [0.15, 0.2) is 42.5 Å². The second-order valence-corrected chi connectivity index (χ2v) is 4.12. The number of hydrogen-bond donors (Lipinski definition) is 3. The average Bonchev–Trinajstić information content (AvgIpc) is 2.31. The van der Waals surface area contributed by atoms with Crippen LogP contribution < -0.4 is 11.5 Å². The van der Waals surface area contributed by atoms with E-state index in [4.69, 9.17) is 16.6 Å². The van der Waals surface area contributed by atoms with E-state index >= 15 is 0 Å². The van der Waals surface area contributed by atoms with E-state index in [0.717, 1.165) is 11.1 Å². The number of carbonyl (C=O) groups is 1. The summed E-state index contributed by atoms with van der Waals surface area (Å²) in [6.45, 7) is 0. The van der Waals surface area contributed by atoms with Crippen molar-refractivity contribution in [3.63, 3.8) is 0 Å². The minimum Gasteiger partial charge on any atom is -0.481 e. The molecule has 0 radical (unpaired) electrons. The molecule has 92 valence electrons. The minimum absolute atomic E-state index is 0.0183. The third-order valence-electron chi connectivity index (χ3n) is 2.67. The summed E-state index contributed by atoms with van der Waals surface area (Å²) in [5.41, 5.74) is 15.3. The Labute approximate surface area is 105 Å². The SMILES string of the molecule is Nc1cccc(-c2cc(CC(=O)O)ccc2N)c1. The zero-order valence-electron chi connectivity index (χ0n) is 9.76. The highest BCUT2D eigenvalue weighted by Crippen LogP contribution is 2.28. The van der Waals surface area contributed by atoms with E-state index < -0.39 is 5.97 Å². The molecule has 18 heavy (non-hydrogen) atoms. The van der Waals surface area contributed by atoms with Crippen LogP contribution in [0.5, 0.6) is 0 Å². The summed E-state index contributed by atoms with van der Waals surface area (Å²) in [6.07, 6.45) is -0.0183. The predicted molar refractivity (Wildman–Crippen MR) is 72.0 cm³/mol. The van der Waals surface area contributed by atoms with Crippen molar-refractivity contribution in [2.24, 2.45) is 0 Å². The van der Waals surface area contributed by atoms with E-state index in [1.165, 1.54) is 0 Å². The lowest BCUT2D eigenvalue weighted by molar-refractivity contribution is -0.136. The van der Waals surface area contributed by atoms with E-state index in [2.05, 4.69) is 0 Å². The molecule has 2 aromatic carbocycles. The quantitative estimate of drug-likeness (QED) is 0.719. The van der Waals surface area contributed by atoms with Gasteiger partial charge in [0.2, 0.25) is 0 Å². The first kappa shape index (κ1) is 12.0. The molecule has 0 aliphatic carbocycles. The summed E-state index contributed by atoms with van der Waals surface area (Å²) in [6, 6.07) is 12.6. The Kier molecular flexibility index (Phi) is 3.19. The van der Waals surface area contributed by atoms with Crippen molar-refractivity contribution in [1.29, 1.82) is 0 Å². The molecule has 0 fully saturated rings. The van der Waals surface area contributed by atoms with Crippen LogP contribution in [-0.4, -0.2) is 11.1 Å². The first-order valence-corrected chi connectivity index (χ1v) is 5.52. The summed E-state index contributed by atoms with van der Waals surface area (Å²) in [4.78, 5) is 10.7. The molecule has 0 spiro atoms. The van der Waals surface area contributed by atoms with Crippen LogP contribution in [0.25, 0.3) is 11.1 Å². The number of carboxylic acid groups (broad SMARTS) is 1. The van der Waals surface area contributed by atoms with Crippen LogP contribution in [-0.2, 0) is 11.2 Å². The summed E-state index contributed by atoms with van der Waals surface area (Å²) in [5.74, 6) is -0.863. The maximum atomic E-state index is 10.7. The predicted octanol–water partition coefficient (Wildman–Crippen LogP) is 2.15. The molecular formula is C14H14N2O2. The molecule has 0 aliphatic heterocycles. The number of carboxylic acids is 1. The van der Waals surface area contributed by atoms with Crippen molar-refractivity contribution < 1.29 is 9.90 Å². The highest BCUT2D eigenvalue weighted by atomic mass is 16.4. The van der Waals surface area contributed by atoms with Crippen LogP contribution in [0.4, 0.5) is 11.4 Å². The first-order valence-electron chi connectivity index (χ1n) is 5.52. The molecule has 0 atom stereocenters. The summed E-state index contributed by atoms with van der Waals surface area (Å²) < 4.78 is 0. The molecule has 5 N–H and O–H groups in total. The van der Waals surface area contributed by atoms with Crippen molar-refractivity contribution in [3.8, 4) is 11.1 Å². The molecule has 0 aromatic heterocycles. The van der Waals surface area contributed by atoms with Crippen LogP contribution in [0.2, 0.25) is 0 Å². The maximum absolute atomic E-state index is 10.7. The van der Waals surface area contributed by atoms with E-state index in [0.29, 0.717) is 16.9 Å². The second-order valence-electron chi connectivity index (χ2n) is 4.12. The van der Waals surface area contributed by atoms with Crippen molar-refractivity contribution >= 4 is 17.3 Å². The number of nitrogens with two attached hydrogens (primary N) is 2. The van der Waals surface area contributed by atoms with Crippen molar-refractivity contribution in [1.82, 2.24) is 0 Å². The molecule has 2 aromatic rings. The highest BCUT2D eigenvalue weighted by Gasteiger charge is 2.07. The van der Waals surface area contributed by atoms with E-state index in [9.17, 15) is 4.79 Å². The van der Waals surface area contributed by atoms with Gasteiger partial charge in [0, 0.05) is 16.9 Å². The number of anilines is 2. The maximum Gasteiger partial charge on any atom is 0.307 e. The molecular weight excluding hydrogens is 228 g/mol. The Balaban J connectivity index is 2.46. The van der Waals surface area contributed by atoms with Crippen molar-refractivity contribution in [3.05, 3.63) is 48.0 Å². The number of nitrogen functional groups attached to an aromatic ring is 2. The molecule has 0 saturated heterocycles. The summed E-state index contributed by atoms with van der Waals surface area (Å²) in [7, 11) is 0. The fourth-order valence-corrected chi connectivity index (χ4v) is 1.84. The van der Waals surface area contributed by atoms with Gasteiger partial charge in [-0.15, -0.1) is 0 Å². The fraction of sp³-hybridized carbons (Fsp3) is 0.0714. The zero-order chi connectivity index (χ0) is 13.1. The van der Waals surface area contributed by atoms with Gasteiger partial charge in [-0.1, -0.05) is 18.2 Å². The minimum atomic E-state index is -0.863. The molecule has 0 aliphatic rings. The van der Waals surface area contributed by atoms with Gasteiger partial charge >= 0.3 is 5.97 Å². The van der Waals surface area contributed by atoms with Gasteiger partial charge in [0.15, 0.2) is 0 Å². The average molecular weight is 242 g/mol. The number of rotatable bonds is 3. The monoisotopic (exact) mass is 242 g/mol. The van der Waals surface area contributed by atoms with Crippen LogP contribution in [0, 0.1) is 0 Å². The van der Waals surface area contributed by atoms with Gasteiger partial charge in [-0.05, 0) is 35.4 Å². The highest BCUT2D eigenvalue weighted by molar-refractivity contribution is 5.80. The van der Waals surface area contributed by atoms with Crippen molar-refractivity contribution in [2.45, 2.75) is 6.42 Å². The molecule has 0 saturated carbocycles.